The molecule has 1 unspecified atom stereocenters. The summed E-state index contributed by atoms with van der Waals surface area (Å²) in [4.78, 5) is 24.9. The Balaban J connectivity index is 1.79. The highest BCUT2D eigenvalue weighted by atomic mass is 16.5. The van der Waals surface area contributed by atoms with Gasteiger partial charge in [-0.2, -0.15) is 0 Å². The molecule has 0 heterocycles. The van der Waals surface area contributed by atoms with Crippen LogP contribution in [-0.2, 0) is 9.59 Å². The molecule has 5 heteroatoms. The fraction of sp³-hybridized carbons (Fsp3) is 0.529. The second kappa shape index (κ2) is 7.29. The Bertz CT molecular complexity index is 539. The van der Waals surface area contributed by atoms with Gasteiger partial charge in [0.15, 0.2) is 0 Å². The molecule has 1 aromatic carbocycles. The Morgan fingerprint density at radius 1 is 1.36 bits per heavy atom. The molecule has 1 aliphatic carbocycles. The van der Waals surface area contributed by atoms with Gasteiger partial charge in [0.2, 0.25) is 5.91 Å². The smallest absolute Gasteiger partial charge is 0.326 e. The molecule has 0 saturated heterocycles. The molecule has 0 radical (unpaired) electrons. The second-order valence-corrected chi connectivity index (χ2v) is 5.76. The topological polar surface area (TPSA) is 66.8 Å². The fourth-order valence-corrected chi connectivity index (χ4v) is 2.46. The molecule has 0 spiro atoms. The largest absolute Gasteiger partial charge is 0.493 e. The number of para-hydroxylation sites is 1. The number of carboxylic acid groups (broad SMARTS) is 1. The first-order valence-corrected chi connectivity index (χ1v) is 7.73. The number of hydrogen-bond acceptors (Lipinski definition) is 3. The summed E-state index contributed by atoms with van der Waals surface area (Å²) in [5, 5.41) is 9.11. The first kappa shape index (κ1) is 16.3. The van der Waals surface area contributed by atoms with E-state index in [-0.39, 0.29) is 11.9 Å². The van der Waals surface area contributed by atoms with E-state index < -0.39 is 12.0 Å². The molecule has 1 fully saturated rings. The summed E-state index contributed by atoms with van der Waals surface area (Å²) < 4.78 is 5.66. The lowest BCUT2D eigenvalue weighted by Gasteiger charge is -2.26. The normalized spacial score (nSPS) is 15.2. The van der Waals surface area contributed by atoms with Gasteiger partial charge >= 0.3 is 5.97 Å². The third-order valence-corrected chi connectivity index (χ3v) is 3.89. The highest BCUT2D eigenvalue weighted by Gasteiger charge is 2.37. The van der Waals surface area contributed by atoms with E-state index in [4.69, 9.17) is 9.84 Å². The Kier molecular flexibility index (Phi) is 5.41. The molecule has 1 saturated carbocycles. The molecule has 0 aliphatic heterocycles. The molecule has 1 atom stereocenters. The number of benzene rings is 1. The van der Waals surface area contributed by atoms with Crippen LogP contribution in [0.15, 0.2) is 24.3 Å². The van der Waals surface area contributed by atoms with Gasteiger partial charge < -0.3 is 14.7 Å². The third-order valence-electron chi connectivity index (χ3n) is 3.89. The van der Waals surface area contributed by atoms with Crippen LogP contribution in [0.25, 0.3) is 0 Å². The van der Waals surface area contributed by atoms with E-state index in [2.05, 4.69) is 0 Å². The van der Waals surface area contributed by atoms with E-state index in [1.807, 2.05) is 31.2 Å². The summed E-state index contributed by atoms with van der Waals surface area (Å²) in [7, 11) is 0. The SMILES string of the molecule is Cc1ccccc1OCCCC(=O)N(C1CC1)C(C)C(=O)O. The Labute approximate surface area is 130 Å². The van der Waals surface area contributed by atoms with Crippen LogP contribution in [0.2, 0.25) is 0 Å². The maximum Gasteiger partial charge on any atom is 0.326 e. The number of nitrogens with zero attached hydrogens (tertiary/aromatic N) is 1. The van der Waals surface area contributed by atoms with Gasteiger partial charge in [0.25, 0.3) is 0 Å². The highest BCUT2D eigenvalue weighted by Crippen LogP contribution is 2.29. The molecule has 1 amide bonds. The van der Waals surface area contributed by atoms with Crippen molar-refractivity contribution in [2.24, 2.45) is 0 Å². The van der Waals surface area contributed by atoms with E-state index in [0.717, 1.165) is 24.2 Å². The molecule has 22 heavy (non-hydrogen) atoms. The summed E-state index contributed by atoms with van der Waals surface area (Å²) in [5.74, 6) is -0.213. The highest BCUT2D eigenvalue weighted by molar-refractivity contribution is 5.83. The van der Waals surface area contributed by atoms with Crippen LogP contribution >= 0.6 is 0 Å². The summed E-state index contributed by atoms with van der Waals surface area (Å²) in [5.41, 5.74) is 1.06. The van der Waals surface area contributed by atoms with Gasteiger partial charge in [-0.05, 0) is 44.7 Å². The Morgan fingerprint density at radius 3 is 2.64 bits per heavy atom. The van der Waals surface area contributed by atoms with Gasteiger partial charge in [0.1, 0.15) is 11.8 Å². The van der Waals surface area contributed by atoms with E-state index in [1.165, 1.54) is 4.90 Å². The van der Waals surface area contributed by atoms with Crippen molar-refractivity contribution < 1.29 is 19.4 Å². The van der Waals surface area contributed by atoms with Crippen molar-refractivity contribution in [1.29, 1.82) is 0 Å². The Hall–Kier alpha value is -2.04. The maximum absolute atomic E-state index is 12.3. The molecular weight excluding hydrogens is 282 g/mol. The zero-order valence-corrected chi connectivity index (χ0v) is 13.1. The second-order valence-electron chi connectivity index (χ2n) is 5.76. The molecule has 5 nitrogen and oxygen atoms in total. The van der Waals surface area contributed by atoms with Crippen molar-refractivity contribution in [3.05, 3.63) is 29.8 Å². The van der Waals surface area contributed by atoms with Crippen molar-refractivity contribution in [2.45, 2.75) is 51.6 Å². The van der Waals surface area contributed by atoms with Gasteiger partial charge in [-0.15, -0.1) is 0 Å². The van der Waals surface area contributed by atoms with Crippen molar-refractivity contribution >= 4 is 11.9 Å². The van der Waals surface area contributed by atoms with Crippen LogP contribution in [0.1, 0.15) is 38.2 Å². The maximum atomic E-state index is 12.3. The zero-order chi connectivity index (χ0) is 16.1. The number of rotatable bonds is 8. The molecule has 0 bridgehead atoms. The van der Waals surface area contributed by atoms with Crippen molar-refractivity contribution in [3.8, 4) is 5.75 Å². The van der Waals surface area contributed by atoms with Gasteiger partial charge in [-0.1, -0.05) is 18.2 Å². The van der Waals surface area contributed by atoms with E-state index in [1.54, 1.807) is 6.92 Å². The van der Waals surface area contributed by atoms with Gasteiger partial charge in [-0.3, -0.25) is 4.79 Å². The third kappa shape index (κ3) is 4.23. The summed E-state index contributed by atoms with van der Waals surface area (Å²) in [6, 6.07) is 7.10. The lowest BCUT2D eigenvalue weighted by Crippen LogP contribution is -2.44. The van der Waals surface area contributed by atoms with Crippen molar-refractivity contribution in [3.63, 3.8) is 0 Å². The number of aliphatic carboxylic acids is 1. The van der Waals surface area contributed by atoms with Crippen LogP contribution in [-0.4, -0.2) is 40.6 Å². The number of hydrogen-bond donors (Lipinski definition) is 1. The minimum Gasteiger partial charge on any atom is -0.493 e. The van der Waals surface area contributed by atoms with Crippen LogP contribution in [0, 0.1) is 6.92 Å². The van der Waals surface area contributed by atoms with Crippen molar-refractivity contribution in [2.75, 3.05) is 6.61 Å². The summed E-state index contributed by atoms with van der Waals surface area (Å²) >= 11 is 0. The van der Waals surface area contributed by atoms with Gasteiger partial charge in [0.05, 0.1) is 6.61 Å². The lowest BCUT2D eigenvalue weighted by atomic mass is 10.2. The predicted molar refractivity (Wildman–Crippen MR) is 82.9 cm³/mol. The fourth-order valence-electron chi connectivity index (χ4n) is 2.46. The lowest BCUT2D eigenvalue weighted by molar-refractivity contribution is -0.150. The molecule has 1 aliphatic rings. The molecular formula is C17H23NO4. The molecule has 1 N–H and O–H groups in total. The first-order chi connectivity index (χ1) is 10.5. The zero-order valence-electron chi connectivity index (χ0n) is 13.1. The number of amides is 1. The number of aryl methyl sites for hydroxylation is 1. The standard InChI is InChI=1S/C17H23NO4/c1-12-6-3-4-7-15(12)22-11-5-8-16(19)18(14-9-10-14)13(2)17(20)21/h3-4,6-7,13-14H,5,8-11H2,1-2H3,(H,20,21). The Morgan fingerprint density at radius 2 is 2.05 bits per heavy atom. The average molecular weight is 305 g/mol. The first-order valence-electron chi connectivity index (χ1n) is 7.73. The quantitative estimate of drug-likeness (QED) is 0.750. The van der Waals surface area contributed by atoms with Crippen LogP contribution in [0.5, 0.6) is 5.75 Å². The number of carbonyl (C=O) groups excluding carboxylic acids is 1. The van der Waals surface area contributed by atoms with Gasteiger partial charge in [-0.25, -0.2) is 4.79 Å². The van der Waals surface area contributed by atoms with Crippen molar-refractivity contribution in [1.82, 2.24) is 4.90 Å². The number of carbonyl (C=O) groups is 2. The minimum absolute atomic E-state index is 0.0919. The van der Waals surface area contributed by atoms with Crippen LogP contribution in [0.4, 0.5) is 0 Å². The monoisotopic (exact) mass is 305 g/mol. The van der Waals surface area contributed by atoms with Crippen LogP contribution in [0.3, 0.4) is 0 Å². The van der Waals surface area contributed by atoms with E-state index >= 15 is 0 Å². The minimum atomic E-state index is -0.948. The predicted octanol–water partition coefficient (Wildman–Crippen LogP) is 2.62. The summed E-state index contributed by atoms with van der Waals surface area (Å²) in [6.07, 6.45) is 2.72. The molecule has 120 valence electrons. The average Bonchev–Trinajstić information content (AvgIpc) is 3.30. The summed E-state index contributed by atoms with van der Waals surface area (Å²) in [6.45, 7) is 4.00. The van der Waals surface area contributed by atoms with E-state index in [0.29, 0.717) is 19.4 Å². The van der Waals surface area contributed by atoms with Gasteiger partial charge in [0, 0.05) is 12.5 Å². The molecule has 1 aromatic rings. The number of ether oxygens (including phenoxy) is 1. The molecule has 2 rings (SSSR count). The molecule has 0 aromatic heterocycles. The van der Waals surface area contributed by atoms with E-state index in [9.17, 15) is 9.59 Å². The number of carboxylic acids is 1. The van der Waals surface area contributed by atoms with Crippen LogP contribution < -0.4 is 4.74 Å².